The monoisotopic (exact) mass is 294 g/mol. The summed E-state index contributed by atoms with van der Waals surface area (Å²) < 4.78 is 19.1. The van der Waals surface area contributed by atoms with Gasteiger partial charge in [0.25, 0.3) is 0 Å². The SMILES string of the molecule is CCNC(C)c1sc(-c2ccc(OC)cc2F)nc1C. The van der Waals surface area contributed by atoms with E-state index in [1.807, 2.05) is 6.92 Å². The van der Waals surface area contributed by atoms with Gasteiger partial charge in [-0.2, -0.15) is 0 Å². The Bertz CT molecular complexity index is 598. The van der Waals surface area contributed by atoms with E-state index in [9.17, 15) is 4.39 Å². The van der Waals surface area contributed by atoms with Gasteiger partial charge in [-0.1, -0.05) is 6.92 Å². The van der Waals surface area contributed by atoms with Crippen LogP contribution in [-0.2, 0) is 0 Å². The van der Waals surface area contributed by atoms with Gasteiger partial charge in [-0.15, -0.1) is 11.3 Å². The fourth-order valence-corrected chi connectivity index (χ4v) is 3.24. The van der Waals surface area contributed by atoms with Crippen molar-refractivity contribution < 1.29 is 9.13 Å². The first-order chi connectivity index (χ1) is 9.56. The van der Waals surface area contributed by atoms with Crippen LogP contribution in [0.25, 0.3) is 10.6 Å². The lowest BCUT2D eigenvalue weighted by atomic mass is 10.2. The number of halogens is 1. The number of benzene rings is 1. The van der Waals surface area contributed by atoms with Gasteiger partial charge in [0.1, 0.15) is 16.6 Å². The molecule has 3 nitrogen and oxygen atoms in total. The highest BCUT2D eigenvalue weighted by Crippen LogP contribution is 2.34. The number of hydrogen-bond donors (Lipinski definition) is 1. The van der Waals surface area contributed by atoms with Crippen LogP contribution in [0.2, 0.25) is 0 Å². The predicted octanol–water partition coefficient (Wildman–Crippen LogP) is 3.94. The second kappa shape index (κ2) is 6.33. The van der Waals surface area contributed by atoms with Crippen LogP contribution in [0.3, 0.4) is 0 Å². The van der Waals surface area contributed by atoms with E-state index < -0.39 is 0 Å². The Kier molecular flexibility index (Phi) is 4.73. The zero-order valence-corrected chi connectivity index (χ0v) is 13.0. The van der Waals surface area contributed by atoms with Crippen molar-refractivity contribution in [2.45, 2.75) is 26.8 Å². The van der Waals surface area contributed by atoms with Crippen molar-refractivity contribution in [2.75, 3.05) is 13.7 Å². The van der Waals surface area contributed by atoms with E-state index in [0.717, 1.165) is 17.1 Å². The summed E-state index contributed by atoms with van der Waals surface area (Å²) in [7, 11) is 1.53. The van der Waals surface area contributed by atoms with Crippen LogP contribution < -0.4 is 10.1 Å². The normalized spacial score (nSPS) is 12.4. The summed E-state index contributed by atoms with van der Waals surface area (Å²) in [4.78, 5) is 5.65. The van der Waals surface area contributed by atoms with Crippen molar-refractivity contribution in [2.24, 2.45) is 0 Å². The van der Waals surface area contributed by atoms with Crippen molar-refractivity contribution in [3.8, 4) is 16.3 Å². The van der Waals surface area contributed by atoms with E-state index in [0.29, 0.717) is 16.3 Å². The van der Waals surface area contributed by atoms with E-state index >= 15 is 0 Å². The summed E-state index contributed by atoms with van der Waals surface area (Å²) in [6.07, 6.45) is 0. The lowest BCUT2D eigenvalue weighted by molar-refractivity contribution is 0.411. The average Bonchev–Trinajstić information content (AvgIpc) is 2.80. The Balaban J connectivity index is 2.37. The highest BCUT2D eigenvalue weighted by Gasteiger charge is 2.16. The third kappa shape index (κ3) is 2.99. The maximum absolute atomic E-state index is 14.1. The first-order valence-electron chi connectivity index (χ1n) is 6.61. The number of ether oxygens (including phenoxy) is 1. The van der Waals surface area contributed by atoms with Gasteiger partial charge in [-0.3, -0.25) is 0 Å². The molecule has 1 heterocycles. The van der Waals surface area contributed by atoms with E-state index in [-0.39, 0.29) is 11.9 Å². The average molecular weight is 294 g/mol. The summed E-state index contributed by atoms with van der Waals surface area (Å²) in [6, 6.07) is 5.09. The van der Waals surface area contributed by atoms with Gasteiger partial charge >= 0.3 is 0 Å². The number of aryl methyl sites for hydroxylation is 1. The Labute approximate surface area is 122 Å². The van der Waals surface area contributed by atoms with Gasteiger partial charge < -0.3 is 10.1 Å². The molecular formula is C15H19FN2OS. The summed E-state index contributed by atoms with van der Waals surface area (Å²) in [5.74, 6) is 0.210. The standard InChI is InChI=1S/C15H19FN2OS/c1-5-17-9(2)14-10(3)18-15(20-14)12-7-6-11(19-4)8-13(12)16/h6-9,17H,5H2,1-4H3. The van der Waals surface area contributed by atoms with Crippen molar-refractivity contribution in [3.63, 3.8) is 0 Å². The quantitative estimate of drug-likeness (QED) is 0.907. The molecule has 0 aliphatic carbocycles. The molecule has 0 fully saturated rings. The molecule has 0 aliphatic rings. The third-order valence-electron chi connectivity index (χ3n) is 3.14. The van der Waals surface area contributed by atoms with Crippen LogP contribution in [-0.4, -0.2) is 18.6 Å². The number of nitrogens with zero attached hydrogens (tertiary/aromatic N) is 1. The first-order valence-corrected chi connectivity index (χ1v) is 7.43. The van der Waals surface area contributed by atoms with Crippen LogP contribution in [0.5, 0.6) is 5.75 Å². The van der Waals surface area contributed by atoms with Crippen LogP contribution in [0.15, 0.2) is 18.2 Å². The van der Waals surface area contributed by atoms with E-state index in [1.54, 1.807) is 12.1 Å². The number of methoxy groups -OCH3 is 1. The smallest absolute Gasteiger partial charge is 0.137 e. The van der Waals surface area contributed by atoms with Crippen molar-refractivity contribution >= 4 is 11.3 Å². The zero-order chi connectivity index (χ0) is 14.7. The van der Waals surface area contributed by atoms with Gasteiger partial charge in [0.15, 0.2) is 0 Å². The Morgan fingerprint density at radius 2 is 2.20 bits per heavy atom. The molecule has 20 heavy (non-hydrogen) atoms. The van der Waals surface area contributed by atoms with E-state index in [2.05, 4.69) is 24.1 Å². The molecule has 0 saturated heterocycles. The highest BCUT2D eigenvalue weighted by molar-refractivity contribution is 7.15. The Morgan fingerprint density at radius 1 is 1.45 bits per heavy atom. The molecule has 108 valence electrons. The molecule has 1 aromatic heterocycles. The maximum atomic E-state index is 14.1. The minimum atomic E-state index is -0.305. The number of rotatable bonds is 5. The topological polar surface area (TPSA) is 34.1 Å². The number of aromatic nitrogens is 1. The molecule has 1 N–H and O–H groups in total. The third-order valence-corrected chi connectivity index (χ3v) is 4.52. The second-order valence-electron chi connectivity index (χ2n) is 4.59. The molecule has 0 aliphatic heterocycles. The molecule has 1 unspecified atom stereocenters. The Morgan fingerprint density at radius 3 is 2.80 bits per heavy atom. The minimum absolute atomic E-state index is 0.229. The van der Waals surface area contributed by atoms with Crippen LogP contribution >= 0.6 is 11.3 Å². The lowest BCUT2D eigenvalue weighted by Crippen LogP contribution is -2.17. The summed E-state index contributed by atoms with van der Waals surface area (Å²) in [6.45, 7) is 7.02. The second-order valence-corrected chi connectivity index (χ2v) is 5.62. The number of hydrogen-bond acceptors (Lipinski definition) is 4. The van der Waals surface area contributed by atoms with Crippen LogP contribution in [0.4, 0.5) is 4.39 Å². The summed E-state index contributed by atoms with van der Waals surface area (Å²) >= 11 is 1.53. The molecule has 0 bridgehead atoms. The van der Waals surface area contributed by atoms with Crippen LogP contribution in [0, 0.1) is 12.7 Å². The fraction of sp³-hybridized carbons (Fsp3) is 0.400. The molecular weight excluding hydrogens is 275 g/mol. The molecule has 0 saturated carbocycles. The van der Waals surface area contributed by atoms with Crippen LogP contribution in [0.1, 0.15) is 30.5 Å². The molecule has 1 atom stereocenters. The molecule has 2 rings (SSSR count). The van der Waals surface area contributed by atoms with E-state index in [1.165, 1.54) is 24.5 Å². The minimum Gasteiger partial charge on any atom is -0.497 e. The van der Waals surface area contributed by atoms with Gasteiger partial charge in [0, 0.05) is 22.5 Å². The molecule has 0 amide bonds. The molecule has 5 heteroatoms. The fourth-order valence-electron chi connectivity index (χ4n) is 2.12. The molecule has 0 spiro atoms. The van der Waals surface area contributed by atoms with Gasteiger partial charge in [0.2, 0.25) is 0 Å². The lowest BCUT2D eigenvalue weighted by Gasteiger charge is -2.09. The van der Waals surface area contributed by atoms with Crippen molar-refractivity contribution in [1.82, 2.24) is 10.3 Å². The summed E-state index contributed by atoms with van der Waals surface area (Å²) in [5, 5.41) is 4.07. The highest BCUT2D eigenvalue weighted by atomic mass is 32.1. The van der Waals surface area contributed by atoms with E-state index in [4.69, 9.17) is 4.74 Å². The molecule has 1 aromatic carbocycles. The van der Waals surface area contributed by atoms with Gasteiger partial charge in [-0.25, -0.2) is 9.37 Å². The molecule has 2 aromatic rings. The molecule has 0 radical (unpaired) electrons. The predicted molar refractivity (Wildman–Crippen MR) is 80.9 cm³/mol. The maximum Gasteiger partial charge on any atom is 0.137 e. The largest absolute Gasteiger partial charge is 0.497 e. The number of nitrogens with one attached hydrogen (secondary N) is 1. The summed E-state index contributed by atoms with van der Waals surface area (Å²) in [5.41, 5.74) is 1.47. The Hall–Kier alpha value is -1.46. The van der Waals surface area contributed by atoms with Gasteiger partial charge in [0.05, 0.1) is 12.8 Å². The first kappa shape index (κ1) is 14.9. The van der Waals surface area contributed by atoms with Crippen molar-refractivity contribution in [1.29, 1.82) is 0 Å². The number of thiazole rings is 1. The van der Waals surface area contributed by atoms with Crippen molar-refractivity contribution in [3.05, 3.63) is 34.6 Å². The van der Waals surface area contributed by atoms with Gasteiger partial charge in [-0.05, 0) is 32.5 Å². The zero-order valence-electron chi connectivity index (χ0n) is 12.2.